The summed E-state index contributed by atoms with van der Waals surface area (Å²) in [6.07, 6.45) is 0. The first-order valence-corrected chi connectivity index (χ1v) is 6.07. The van der Waals surface area contributed by atoms with Gasteiger partial charge in [0.25, 0.3) is 0 Å². The van der Waals surface area contributed by atoms with Crippen molar-refractivity contribution in [2.45, 2.75) is 19.1 Å². The van der Waals surface area contributed by atoms with Crippen LogP contribution in [0.5, 0.6) is 5.75 Å². The highest BCUT2D eigenvalue weighted by molar-refractivity contribution is 9.10. The molecule has 4 heteroatoms. The number of hydrogen-bond donors (Lipinski definition) is 1. The molecule has 1 heterocycles. The Labute approximate surface area is 104 Å². The van der Waals surface area contributed by atoms with E-state index in [2.05, 4.69) is 20.8 Å². The van der Waals surface area contributed by atoms with Crippen molar-refractivity contribution < 1.29 is 9.84 Å². The Morgan fingerprint density at radius 1 is 1.50 bits per heavy atom. The fourth-order valence-electron chi connectivity index (χ4n) is 2.07. The lowest BCUT2D eigenvalue weighted by Crippen LogP contribution is -2.59. The van der Waals surface area contributed by atoms with Gasteiger partial charge in [-0.05, 0) is 30.7 Å². The van der Waals surface area contributed by atoms with Crippen LogP contribution in [0.4, 0.5) is 0 Å². The van der Waals surface area contributed by atoms with Crippen molar-refractivity contribution in [3.8, 4) is 5.75 Å². The zero-order valence-electron chi connectivity index (χ0n) is 9.53. The van der Waals surface area contributed by atoms with Gasteiger partial charge in [0.05, 0.1) is 12.7 Å². The molecular weight excluding hydrogens is 270 g/mol. The number of hydrogen-bond acceptors (Lipinski definition) is 3. The second-order valence-corrected chi connectivity index (χ2v) is 5.45. The topological polar surface area (TPSA) is 32.7 Å². The third-order valence-electron chi connectivity index (χ3n) is 2.78. The highest BCUT2D eigenvalue weighted by Gasteiger charge is 2.36. The van der Waals surface area contributed by atoms with Gasteiger partial charge in [0.2, 0.25) is 0 Å². The summed E-state index contributed by atoms with van der Waals surface area (Å²) in [5.41, 5.74) is 0.681. The van der Waals surface area contributed by atoms with Crippen molar-refractivity contribution in [3.05, 3.63) is 28.2 Å². The minimum atomic E-state index is -0.509. The van der Waals surface area contributed by atoms with Gasteiger partial charge >= 0.3 is 0 Å². The van der Waals surface area contributed by atoms with Crippen LogP contribution in [-0.2, 0) is 6.54 Å². The number of methoxy groups -OCH3 is 1. The van der Waals surface area contributed by atoms with E-state index in [4.69, 9.17) is 4.74 Å². The maximum atomic E-state index is 9.65. The smallest absolute Gasteiger partial charge is 0.119 e. The fourth-order valence-corrected chi connectivity index (χ4v) is 2.44. The third kappa shape index (κ3) is 2.56. The van der Waals surface area contributed by atoms with Gasteiger partial charge in [0, 0.05) is 24.1 Å². The molecular formula is C12H16BrNO2. The highest BCUT2D eigenvalue weighted by Crippen LogP contribution is 2.27. The molecule has 1 saturated heterocycles. The molecule has 0 unspecified atom stereocenters. The molecule has 0 atom stereocenters. The molecule has 1 aromatic rings. The SMILES string of the molecule is COc1ccc(Br)c(CN2CC(C)(O)C2)c1. The van der Waals surface area contributed by atoms with Crippen molar-refractivity contribution in [1.82, 2.24) is 4.90 Å². The first kappa shape index (κ1) is 11.9. The molecule has 0 aliphatic carbocycles. The average Bonchev–Trinajstić information content (AvgIpc) is 2.18. The third-order valence-corrected chi connectivity index (χ3v) is 3.55. The van der Waals surface area contributed by atoms with Crippen LogP contribution in [0.25, 0.3) is 0 Å². The van der Waals surface area contributed by atoms with Gasteiger partial charge in [-0.3, -0.25) is 4.90 Å². The van der Waals surface area contributed by atoms with Gasteiger partial charge in [0.1, 0.15) is 5.75 Å². The minimum Gasteiger partial charge on any atom is -0.497 e. The quantitative estimate of drug-likeness (QED) is 0.922. The molecule has 0 saturated carbocycles. The van der Waals surface area contributed by atoms with E-state index in [-0.39, 0.29) is 0 Å². The van der Waals surface area contributed by atoms with E-state index in [0.717, 1.165) is 29.9 Å². The van der Waals surface area contributed by atoms with Crippen LogP contribution in [-0.4, -0.2) is 35.8 Å². The molecule has 2 rings (SSSR count). The van der Waals surface area contributed by atoms with Gasteiger partial charge in [-0.1, -0.05) is 15.9 Å². The number of nitrogens with zero attached hydrogens (tertiary/aromatic N) is 1. The first-order chi connectivity index (χ1) is 7.50. The molecule has 1 fully saturated rings. The van der Waals surface area contributed by atoms with E-state index in [0.29, 0.717) is 0 Å². The Bertz CT molecular complexity index is 385. The number of ether oxygens (including phenoxy) is 1. The number of β-amino-alcohol motifs (C(OH)–C–C–N with tert-alkyl or cyclic N) is 1. The lowest BCUT2D eigenvalue weighted by Gasteiger charge is -2.44. The lowest BCUT2D eigenvalue weighted by molar-refractivity contribution is -0.0872. The van der Waals surface area contributed by atoms with Crippen molar-refractivity contribution in [3.63, 3.8) is 0 Å². The van der Waals surface area contributed by atoms with Crippen molar-refractivity contribution >= 4 is 15.9 Å². The zero-order valence-corrected chi connectivity index (χ0v) is 11.1. The second-order valence-electron chi connectivity index (χ2n) is 4.60. The normalized spacial score (nSPS) is 19.2. The number of benzene rings is 1. The van der Waals surface area contributed by atoms with Crippen LogP contribution < -0.4 is 4.74 Å². The summed E-state index contributed by atoms with van der Waals surface area (Å²) in [5.74, 6) is 0.866. The molecule has 88 valence electrons. The predicted molar refractivity (Wildman–Crippen MR) is 66.6 cm³/mol. The number of likely N-dealkylation sites (tertiary alicyclic amines) is 1. The Morgan fingerprint density at radius 2 is 2.19 bits per heavy atom. The molecule has 3 nitrogen and oxygen atoms in total. The second kappa shape index (κ2) is 4.35. The van der Waals surface area contributed by atoms with Crippen LogP contribution in [0, 0.1) is 0 Å². The summed E-state index contributed by atoms with van der Waals surface area (Å²) in [4.78, 5) is 2.21. The van der Waals surface area contributed by atoms with E-state index in [1.54, 1.807) is 7.11 Å². The zero-order chi connectivity index (χ0) is 11.8. The van der Waals surface area contributed by atoms with E-state index in [1.165, 1.54) is 5.56 Å². The molecule has 0 spiro atoms. The minimum absolute atomic E-state index is 0.509. The molecule has 1 aromatic carbocycles. The van der Waals surface area contributed by atoms with Crippen molar-refractivity contribution in [2.75, 3.05) is 20.2 Å². The number of rotatable bonds is 3. The maximum Gasteiger partial charge on any atom is 0.119 e. The Hall–Kier alpha value is -0.580. The van der Waals surface area contributed by atoms with E-state index in [1.807, 2.05) is 25.1 Å². The lowest BCUT2D eigenvalue weighted by atomic mass is 9.96. The van der Waals surface area contributed by atoms with Gasteiger partial charge in [-0.15, -0.1) is 0 Å². The molecule has 0 bridgehead atoms. The van der Waals surface area contributed by atoms with E-state index < -0.39 is 5.60 Å². The van der Waals surface area contributed by atoms with Gasteiger partial charge in [0.15, 0.2) is 0 Å². The van der Waals surface area contributed by atoms with Crippen LogP contribution in [0.15, 0.2) is 22.7 Å². The van der Waals surface area contributed by atoms with Gasteiger partial charge in [-0.2, -0.15) is 0 Å². The molecule has 0 amide bonds. The number of aliphatic hydroxyl groups is 1. The Morgan fingerprint density at radius 3 is 2.75 bits per heavy atom. The van der Waals surface area contributed by atoms with Gasteiger partial charge < -0.3 is 9.84 Å². The van der Waals surface area contributed by atoms with Crippen molar-refractivity contribution in [1.29, 1.82) is 0 Å². The largest absolute Gasteiger partial charge is 0.497 e. The van der Waals surface area contributed by atoms with Crippen LogP contribution in [0.1, 0.15) is 12.5 Å². The summed E-state index contributed by atoms with van der Waals surface area (Å²) in [5, 5.41) is 9.65. The average molecular weight is 286 g/mol. The Balaban J connectivity index is 2.04. The molecule has 0 aromatic heterocycles. The standard InChI is InChI=1S/C12H16BrNO2/c1-12(15)7-14(8-12)6-9-5-10(16-2)3-4-11(9)13/h3-5,15H,6-8H2,1-2H3. The monoisotopic (exact) mass is 285 g/mol. The van der Waals surface area contributed by atoms with Crippen LogP contribution in [0.3, 0.4) is 0 Å². The van der Waals surface area contributed by atoms with E-state index in [9.17, 15) is 5.11 Å². The predicted octanol–water partition coefficient (Wildman–Crippen LogP) is 2.02. The first-order valence-electron chi connectivity index (χ1n) is 5.27. The maximum absolute atomic E-state index is 9.65. The fraction of sp³-hybridized carbons (Fsp3) is 0.500. The Kier molecular flexibility index (Phi) is 3.24. The molecule has 1 aliphatic heterocycles. The van der Waals surface area contributed by atoms with Crippen LogP contribution in [0.2, 0.25) is 0 Å². The summed E-state index contributed by atoms with van der Waals surface area (Å²) in [7, 11) is 1.67. The van der Waals surface area contributed by atoms with Crippen LogP contribution >= 0.6 is 15.9 Å². The van der Waals surface area contributed by atoms with Crippen molar-refractivity contribution in [2.24, 2.45) is 0 Å². The summed E-state index contributed by atoms with van der Waals surface area (Å²) in [6.45, 7) is 4.17. The highest BCUT2D eigenvalue weighted by atomic mass is 79.9. The molecule has 0 radical (unpaired) electrons. The van der Waals surface area contributed by atoms with Gasteiger partial charge in [-0.25, -0.2) is 0 Å². The molecule has 16 heavy (non-hydrogen) atoms. The summed E-state index contributed by atoms with van der Waals surface area (Å²) in [6, 6.07) is 5.95. The molecule has 1 N–H and O–H groups in total. The number of halogens is 1. The van der Waals surface area contributed by atoms with E-state index >= 15 is 0 Å². The summed E-state index contributed by atoms with van der Waals surface area (Å²) >= 11 is 3.53. The summed E-state index contributed by atoms with van der Waals surface area (Å²) < 4.78 is 6.28. The molecule has 1 aliphatic rings.